The second-order valence-electron chi connectivity index (χ2n) is 2.35. The summed E-state index contributed by atoms with van der Waals surface area (Å²) < 4.78 is 0. The molecule has 2 aromatic heterocycles. The van der Waals surface area contributed by atoms with Crippen molar-refractivity contribution < 1.29 is 4.92 Å². The molecular formula is C7H4N4O2. The Hall–Kier alpha value is -2.11. The third kappa shape index (κ3) is 1.28. The lowest BCUT2D eigenvalue weighted by atomic mass is 10.4. The minimum absolute atomic E-state index is 0.0759. The number of hydrogen-bond donors (Lipinski definition) is 0. The van der Waals surface area contributed by atoms with Crippen LogP contribution in [-0.4, -0.2) is 19.9 Å². The minimum Gasteiger partial charge on any atom is -0.258 e. The fourth-order valence-electron chi connectivity index (χ4n) is 0.947. The number of nitrogens with zero attached hydrogens (tertiary/aromatic N) is 4. The first-order valence-electron chi connectivity index (χ1n) is 3.48. The molecule has 2 rings (SSSR count). The van der Waals surface area contributed by atoms with Gasteiger partial charge in [0, 0.05) is 18.5 Å². The average molecular weight is 176 g/mol. The van der Waals surface area contributed by atoms with Gasteiger partial charge in [-0.1, -0.05) is 0 Å². The summed E-state index contributed by atoms with van der Waals surface area (Å²) >= 11 is 0. The molecule has 0 aliphatic heterocycles. The van der Waals surface area contributed by atoms with E-state index in [9.17, 15) is 10.1 Å². The lowest BCUT2D eigenvalue weighted by molar-refractivity contribution is -0.385. The van der Waals surface area contributed by atoms with E-state index in [-0.39, 0.29) is 5.69 Å². The highest BCUT2D eigenvalue weighted by Crippen LogP contribution is 2.13. The van der Waals surface area contributed by atoms with Crippen LogP contribution in [0.1, 0.15) is 0 Å². The van der Waals surface area contributed by atoms with Crippen LogP contribution in [0.2, 0.25) is 0 Å². The van der Waals surface area contributed by atoms with Crippen LogP contribution in [0.4, 0.5) is 5.69 Å². The smallest absolute Gasteiger partial charge is 0.258 e. The van der Waals surface area contributed by atoms with Crippen LogP contribution < -0.4 is 0 Å². The molecular weight excluding hydrogens is 172 g/mol. The van der Waals surface area contributed by atoms with E-state index < -0.39 is 4.92 Å². The van der Waals surface area contributed by atoms with E-state index >= 15 is 0 Å². The van der Waals surface area contributed by atoms with Gasteiger partial charge in [0.25, 0.3) is 5.69 Å². The largest absolute Gasteiger partial charge is 0.289 e. The predicted molar refractivity (Wildman–Crippen MR) is 44.0 cm³/mol. The Morgan fingerprint density at radius 1 is 1.23 bits per heavy atom. The van der Waals surface area contributed by atoms with Crippen molar-refractivity contribution in [3.05, 3.63) is 34.8 Å². The van der Waals surface area contributed by atoms with Gasteiger partial charge < -0.3 is 0 Å². The lowest BCUT2D eigenvalue weighted by Gasteiger charge is -1.93. The number of nitro groups is 1. The zero-order valence-electron chi connectivity index (χ0n) is 6.41. The summed E-state index contributed by atoms with van der Waals surface area (Å²) in [6, 6.07) is 1.34. The van der Waals surface area contributed by atoms with Crippen molar-refractivity contribution in [2.45, 2.75) is 0 Å². The molecule has 0 unspecified atom stereocenters. The molecule has 0 atom stereocenters. The minimum atomic E-state index is -0.513. The first-order chi connectivity index (χ1) is 6.27. The van der Waals surface area contributed by atoms with Gasteiger partial charge in [-0.25, -0.2) is 9.97 Å². The molecule has 0 spiro atoms. The zero-order chi connectivity index (χ0) is 9.26. The number of pyridine rings is 1. The standard InChI is InChI=1S/C7H4N4O2/c12-11(13)5-3-6-7(10-4-5)9-2-1-8-6/h1-4H. The summed E-state index contributed by atoms with van der Waals surface area (Å²) in [5.74, 6) is 0. The molecule has 2 aromatic rings. The Kier molecular flexibility index (Phi) is 1.59. The van der Waals surface area contributed by atoms with Crippen molar-refractivity contribution in [1.29, 1.82) is 0 Å². The van der Waals surface area contributed by atoms with Gasteiger partial charge in [0.1, 0.15) is 11.7 Å². The molecule has 0 aliphatic carbocycles. The normalized spacial score (nSPS) is 10.2. The van der Waals surface area contributed by atoms with Crippen LogP contribution in [0.15, 0.2) is 24.7 Å². The first-order valence-corrected chi connectivity index (χ1v) is 3.48. The average Bonchev–Trinajstić information content (AvgIpc) is 2.17. The number of aromatic nitrogens is 3. The zero-order valence-corrected chi connectivity index (χ0v) is 6.41. The Morgan fingerprint density at radius 2 is 2.00 bits per heavy atom. The summed E-state index contributed by atoms with van der Waals surface area (Å²) in [5.41, 5.74) is 0.762. The van der Waals surface area contributed by atoms with Crippen molar-refractivity contribution in [2.24, 2.45) is 0 Å². The molecule has 0 bridgehead atoms. The summed E-state index contributed by atoms with van der Waals surface area (Å²) in [5, 5.41) is 10.4. The monoisotopic (exact) mass is 176 g/mol. The van der Waals surface area contributed by atoms with Gasteiger partial charge in [0.2, 0.25) is 0 Å². The molecule has 0 radical (unpaired) electrons. The molecule has 0 saturated carbocycles. The van der Waals surface area contributed by atoms with Crippen LogP contribution >= 0.6 is 0 Å². The van der Waals surface area contributed by atoms with E-state index in [1.165, 1.54) is 18.5 Å². The Balaban J connectivity index is 2.69. The van der Waals surface area contributed by atoms with E-state index in [2.05, 4.69) is 15.0 Å². The second-order valence-corrected chi connectivity index (χ2v) is 2.35. The summed E-state index contributed by atoms with van der Waals surface area (Å²) in [6.07, 6.45) is 4.12. The maximum absolute atomic E-state index is 10.4. The summed E-state index contributed by atoms with van der Waals surface area (Å²) in [6.45, 7) is 0. The predicted octanol–water partition coefficient (Wildman–Crippen LogP) is 0.933. The molecule has 0 aromatic carbocycles. The van der Waals surface area contributed by atoms with Gasteiger partial charge >= 0.3 is 0 Å². The van der Waals surface area contributed by atoms with Crippen molar-refractivity contribution in [1.82, 2.24) is 15.0 Å². The molecule has 0 N–H and O–H groups in total. The summed E-state index contributed by atoms with van der Waals surface area (Å²) in [4.78, 5) is 21.4. The van der Waals surface area contributed by atoms with Gasteiger partial charge in [-0.05, 0) is 0 Å². The molecule has 2 heterocycles. The quantitative estimate of drug-likeness (QED) is 0.476. The Labute approximate surface area is 72.4 Å². The molecule has 0 saturated heterocycles. The van der Waals surface area contributed by atoms with Crippen molar-refractivity contribution in [3.63, 3.8) is 0 Å². The van der Waals surface area contributed by atoms with Gasteiger partial charge in [-0.15, -0.1) is 0 Å². The number of fused-ring (bicyclic) bond motifs is 1. The van der Waals surface area contributed by atoms with E-state index in [1.54, 1.807) is 0 Å². The van der Waals surface area contributed by atoms with E-state index in [1.807, 2.05) is 0 Å². The van der Waals surface area contributed by atoms with Gasteiger partial charge in [-0.2, -0.15) is 0 Å². The molecule has 0 fully saturated rings. The van der Waals surface area contributed by atoms with Crippen molar-refractivity contribution >= 4 is 16.9 Å². The highest BCUT2D eigenvalue weighted by molar-refractivity contribution is 5.71. The Bertz CT molecular complexity index is 471. The van der Waals surface area contributed by atoms with E-state index in [0.29, 0.717) is 11.2 Å². The molecule has 0 aliphatic rings. The maximum atomic E-state index is 10.4. The maximum Gasteiger partial charge on any atom is 0.289 e. The van der Waals surface area contributed by atoms with Gasteiger partial charge in [-0.3, -0.25) is 15.1 Å². The molecule has 6 nitrogen and oxygen atoms in total. The highest BCUT2D eigenvalue weighted by Gasteiger charge is 2.07. The number of hydrogen-bond acceptors (Lipinski definition) is 5. The van der Waals surface area contributed by atoms with Crippen LogP contribution in [0, 0.1) is 10.1 Å². The molecule has 13 heavy (non-hydrogen) atoms. The van der Waals surface area contributed by atoms with Crippen LogP contribution in [-0.2, 0) is 0 Å². The lowest BCUT2D eigenvalue weighted by Crippen LogP contribution is -1.91. The van der Waals surface area contributed by atoms with Crippen LogP contribution in [0.25, 0.3) is 11.2 Å². The van der Waals surface area contributed by atoms with Crippen molar-refractivity contribution in [3.8, 4) is 0 Å². The van der Waals surface area contributed by atoms with E-state index in [0.717, 1.165) is 6.20 Å². The number of rotatable bonds is 1. The fourth-order valence-corrected chi connectivity index (χ4v) is 0.947. The summed E-state index contributed by atoms with van der Waals surface area (Å²) in [7, 11) is 0. The third-order valence-corrected chi connectivity index (χ3v) is 1.52. The SMILES string of the molecule is O=[N+]([O-])c1cnc2nccnc2c1. The van der Waals surface area contributed by atoms with E-state index in [4.69, 9.17) is 0 Å². The first kappa shape index (κ1) is 7.53. The van der Waals surface area contributed by atoms with Crippen LogP contribution in [0.5, 0.6) is 0 Å². The van der Waals surface area contributed by atoms with Gasteiger partial charge in [0.05, 0.1) is 4.92 Å². The highest BCUT2D eigenvalue weighted by atomic mass is 16.6. The Morgan fingerprint density at radius 3 is 2.77 bits per heavy atom. The fraction of sp³-hybridized carbons (Fsp3) is 0. The van der Waals surface area contributed by atoms with Crippen LogP contribution in [0.3, 0.4) is 0 Å². The molecule has 0 amide bonds. The van der Waals surface area contributed by atoms with Gasteiger partial charge in [0.15, 0.2) is 5.65 Å². The topological polar surface area (TPSA) is 81.8 Å². The van der Waals surface area contributed by atoms with Crippen molar-refractivity contribution in [2.75, 3.05) is 0 Å². The molecule has 6 heteroatoms. The third-order valence-electron chi connectivity index (χ3n) is 1.52. The molecule has 64 valence electrons. The second kappa shape index (κ2) is 2.74.